The summed E-state index contributed by atoms with van der Waals surface area (Å²) in [6.07, 6.45) is 5.73. The van der Waals surface area contributed by atoms with Gasteiger partial charge in [0.2, 0.25) is 10.0 Å². The molecule has 2 atom stereocenters. The zero-order valence-corrected chi connectivity index (χ0v) is 16.3. The van der Waals surface area contributed by atoms with E-state index in [1.807, 2.05) is 6.92 Å². The molecule has 26 heavy (non-hydrogen) atoms. The normalized spacial score (nSPS) is 14.4. The van der Waals surface area contributed by atoms with Gasteiger partial charge in [0, 0.05) is 29.9 Å². The van der Waals surface area contributed by atoms with Crippen molar-refractivity contribution in [3.63, 3.8) is 0 Å². The van der Waals surface area contributed by atoms with E-state index in [9.17, 15) is 8.42 Å². The summed E-state index contributed by atoms with van der Waals surface area (Å²) < 4.78 is 28.0. The first-order valence-electron chi connectivity index (χ1n) is 8.57. The molecule has 2 heterocycles. The SMILES string of the molecule is C[C@H](CC(N)CCc1ccsc1)NS(=O)(=O)c1ccc2cnccc2c1. The number of hydrogen-bond donors (Lipinski definition) is 2. The Hall–Kier alpha value is -1.80. The second-order valence-corrected chi connectivity index (χ2v) is 9.07. The zero-order chi connectivity index (χ0) is 18.6. The molecule has 0 aliphatic carbocycles. The molecule has 0 aliphatic rings. The summed E-state index contributed by atoms with van der Waals surface area (Å²) in [6, 6.07) is 8.67. The van der Waals surface area contributed by atoms with Gasteiger partial charge in [-0.1, -0.05) is 6.07 Å². The topological polar surface area (TPSA) is 85.1 Å². The Morgan fingerprint density at radius 3 is 2.85 bits per heavy atom. The van der Waals surface area contributed by atoms with E-state index in [2.05, 4.69) is 26.5 Å². The van der Waals surface area contributed by atoms with Crippen LogP contribution in [0, 0.1) is 0 Å². The summed E-state index contributed by atoms with van der Waals surface area (Å²) in [7, 11) is -3.58. The third-order valence-electron chi connectivity index (χ3n) is 4.32. The highest BCUT2D eigenvalue weighted by Gasteiger charge is 2.19. The number of aryl methyl sites for hydroxylation is 1. The number of nitrogens with zero attached hydrogens (tertiary/aromatic N) is 1. The maximum Gasteiger partial charge on any atom is 0.240 e. The van der Waals surface area contributed by atoms with Crippen LogP contribution in [0.4, 0.5) is 0 Å². The van der Waals surface area contributed by atoms with E-state index in [1.54, 1.807) is 48.0 Å². The lowest BCUT2D eigenvalue weighted by molar-refractivity contribution is 0.485. The van der Waals surface area contributed by atoms with Crippen LogP contribution in [-0.4, -0.2) is 25.5 Å². The van der Waals surface area contributed by atoms with Crippen molar-refractivity contribution in [2.75, 3.05) is 0 Å². The summed E-state index contributed by atoms with van der Waals surface area (Å²) in [5.41, 5.74) is 7.47. The van der Waals surface area contributed by atoms with Gasteiger partial charge >= 0.3 is 0 Å². The molecule has 0 radical (unpaired) electrons. The van der Waals surface area contributed by atoms with Crippen LogP contribution in [0.3, 0.4) is 0 Å². The van der Waals surface area contributed by atoms with Crippen molar-refractivity contribution in [1.82, 2.24) is 9.71 Å². The lowest BCUT2D eigenvalue weighted by atomic mass is 10.0. The van der Waals surface area contributed by atoms with Gasteiger partial charge in [0.1, 0.15) is 0 Å². The second kappa shape index (κ2) is 8.26. The maximum absolute atomic E-state index is 12.6. The predicted molar refractivity (Wildman–Crippen MR) is 107 cm³/mol. The number of fused-ring (bicyclic) bond motifs is 1. The first kappa shape index (κ1) is 19.0. The predicted octanol–water partition coefficient (Wildman–Crippen LogP) is 3.31. The number of sulfonamides is 1. The van der Waals surface area contributed by atoms with Gasteiger partial charge in [-0.3, -0.25) is 4.98 Å². The fourth-order valence-corrected chi connectivity index (χ4v) is 4.96. The molecule has 5 nitrogen and oxygen atoms in total. The third-order valence-corrected chi connectivity index (χ3v) is 6.64. The van der Waals surface area contributed by atoms with Gasteiger partial charge in [-0.15, -0.1) is 0 Å². The lowest BCUT2D eigenvalue weighted by Gasteiger charge is -2.19. The number of thiophene rings is 1. The highest BCUT2D eigenvalue weighted by Crippen LogP contribution is 2.19. The summed E-state index contributed by atoms with van der Waals surface area (Å²) in [5, 5.41) is 5.93. The number of benzene rings is 1. The molecule has 0 bridgehead atoms. The van der Waals surface area contributed by atoms with E-state index < -0.39 is 10.0 Å². The van der Waals surface area contributed by atoms with Gasteiger partial charge in [0.25, 0.3) is 0 Å². The van der Waals surface area contributed by atoms with Gasteiger partial charge in [0.15, 0.2) is 0 Å². The smallest absolute Gasteiger partial charge is 0.240 e. The molecule has 0 saturated heterocycles. The third kappa shape index (κ3) is 4.88. The van der Waals surface area contributed by atoms with E-state index in [-0.39, 0.29) is 17.0 Å². The largest absolute Gasteiger partial charge is 0.328 e. The first-order valence-corrected chi connectivity index (χ1v) is 11.0. The standard InChI is InChI=1S/C19H23N3O2S2/c1-14(10-18(20)4-2-15-7-9-25-13-15)22-26(23,24)19-5-3-17-12-21-8-6-16(17)11-19/h3,5-9,11-14,18,22H,2,4,10,20H2,1H3/t14-,18?/m1/s1. The van der Waals surface area contributed by atoms with Crippen molar-refractivity contribution >= 4 is 32.1 Å². The molecule has 7 heteroatoms. The van der Waals surface area contributed by atoms with Crippen LogP contribution in [0.5, 0.6) is 0 Å². The maximum atomic E-state index is 12.6. The average Bonchev–Trinajstić information content (AvgIpc) is 3.12. The Balaban J connectivity index is 1.60. The van der Waals surface area contributed by atoms with E-state index in [0.29, 0.717) is 6.42 Å². The molecule has 1 aromatic carbocycles. The number of hydrogen-bond acceptors (Lipinski definition) is 5. The molecule has 0 spiro atoms. The Morgan fingerprint density at radius 2 is 2.08 bits per heavy atom. The highest BCUT2D eigenvalue weighted by atomic mass is 32.2. The Bertz CT molecular complexity index is 956. The summed E-state index contributed by atoms with van der Waals surface area (Å²) in [6.45, 7) is 1.85. The number of pyridine rings is 1. The van der Waals surface area contributed by atoms with Crippen molar-refractivity contribution in [2.45, 2.75) is 43.2 Å². The quantitative estimate of drug-likeness (QED) is 0.619. The van der Waals surface area contributed by atoms with Crippen molar-refractivity contribution in [2.24, 2.45) is 5.73 Å². The fourth-order valence-electron chi connectivity index (χ4n) is 2.97. The van der Waals surface area contributed by atoms with Crippen LogP contribution in [-0.2, 0) is 16.4 Å². The van der Waals surface area contributed by atoms with E-state index >= 15 is 0 Å². The lowest BCUT2D eigenvalue weighted by Crippen LogP contribution is -2.37. The van der Waals surface area contributed by atoms with Crippen LogP contribution in [0.25, 0.3) is 10.8 Å². The molecule has 0 fully saturated rings. The van der Waals surface area contributed by atoms with Gasteiger partial charge in [-0.05, 0) is 72.2 Å². The molecule has 3 N–H and O–H groups in total. The Kier molecular flexibility index (Phi) is 6.03. The van der Waals surface area contributed by atoms with Crippen molar-refractivity contribution in [1.29, 1.82) is 0 Å². The summed E-state index contributed by atoms with van der Waals surface area (Å²) in [5.74, 6) is 0. The molecular weight excluding hydrogens is 366 g/mol. The van der Waals surface area contributed by atoms with Crippen LogP contribution >= 0.6 is 11.3 Å². The number of aromatic nitrogens is 1. The molecule has 0 saturated carbocycles. The van der Waals surface area contributed by atoms with Gasteiger partial charge in [0.05, 0.1) is 4.90 Å². The number of nitrogens with one attached hydrogen (secondary N) is 1. The molecule has 138 valence electrons. The molecule has 0 amide bonds. The van der Waals surface area contributed by atoms with E-state index in [4.69, 9.17) is 5.73 Å². The summed E-state index contributed by atoms with van der Waals surface area (Å²) in [4.78, 5) is 4.30. The monoisotopic (exact) mass is 389 g/mol. The van der Waals surface area contributed by atoms with Gasteiger partial charge in [-0.2, -0.15) is 11.3 Å². The average molecular weight is 390 g/mol. The Labute approximate surface area is 158 Å². The molecule has 2 aromatic heterocycles. The minimum atomic E-state index is -3.58. The minimum absolute atomic E-state index is 0.0460. The molecule has 3 aromatic rings. The zero-order valence-electron chi connectivity index (χ0n) is 14.6. The highest BCUT2D eigenvalue weighted by molar-refractivity contribution is 7.89. The van der Waals surface area contributed by atoms with Crippen LogP contribution < -0.4 is 10.5 Å². The van der Waals surface area contributed by atoms with Gasteiger partial charge in [-0.25, -0.2) is 13.1 Å². The van der Waals surface area contributed by atoms with Crippen LogP contribution in [0.15, 0.2) is 58.4 Å². The van der Waals surface area contributed by atoms with E-state index in [1.165, 1.54) is 5.56 Å². The van der Waals surface area contributed by atoms with Crippen LogP contribution in [0.2, 0.25) is 0 Å². The molecule has 3 rings (SSSR count). The van der Waals surface area contributed by atoms with Crippen molar-refractivity contribution in [3.8, 4) is 0 Å². The first-order chi connectivity index (χ1) is 12.4. The number of nitrogens with two attached hydrogens (primary N) is 1. The minimum Gasteiger partial charge on any atom is -0.328 e. The molecule has 0 aliphatic heterocycles. The Morgan fingerprint density at radius 1 is 1.23 bits per heavy atom. The number of rotatable bonds is 8. The van der Waals surface area contributed by atoms with Crippen molar-refractivity contribution in [3.05, 3.63) is 59.0 Å². The summed E-state index contributed by atoms with van der Waals surface area (Å²) >= 11 is 1.67. The van der Waals surface area contributed by atoms with Gasteiger partial charge < -0.3 is 5.73 Å². The second-order valence-electron chi connectivity index (χ2n) is 6.57. The molecular formula is C19H23N3O2S2. The van der Waals surface area contributed by atoms with E-state index in [0.717, 1.165) is 23.6 Å². The van der Waals surface area contributed by atoms with Crippen molar-refractivity contribution < 1.29 is 8.42 Å². The van der Waals surface area contributed by atoms with Crippen LogP contribution in [0.1, 0.15) is 25.3 Å². The fraction of sp³-hybridized carbons (Fsp3) is 0.316. The molecule has 1 unspecified atom stereocenters.